The number of hydrogen-bond acceptors (Lipinski definition) is 6. The maximum Gasteiger partial charge on any atom is 0.407 e. The Morgan fingerprint density at radius 3 is 2.06 bits per heavy atom. The molecule has 0 heterocycles. The van der Waals surface area contributed by atoms with Crippen LogP contribution in [0, 0.1) is 0 Å². The number of benzene rings is 1. The van der Waals surface area contributed by atoms with Crippen molar-refractivity contribution in [3.63, 3.8) is 0 Å². The van der Waals surface area contributed by atoms with Crippen LogP contribution in [0.15, 0.2) is 18.2 Å². The number of aliphatic hydroxyl groups excluding tert-OH is 1. The van der Waals surface area contributed by atoms with E-state index in [1.165, 1.54) is 0 Å². The molecular formula is C24H38Cl2N2O5. The number of halogens is 2. The first-order chi connectivity index (χ1) is 15.3. The van der Waals surface area contributed by atoms with Gasteiger partial charge in [0, 0.05) is 36.6 Å². The number of aliphatic hydroxyl groups is 1. The topological polar surface area (TPSA) is 88.1 Å². The van der Waals surface area contributed by atoms with Crippen LogP contribution in [-0.4, -0.2) is 59.3 Å². The van der Waals surface area contributed by atoms with Gasteiger partial charge in [0.15, 0.2) is 0 Å². The Labute approximate surface area is 207 Å². The summed E-state index contributed by atoms with van der Waals surface area (Å²) in [7, 11) is 0. The summed E-state index contributed by atoms with van der Waals surface area (Å²) in [6, 6.07) is 5.07. The third kappa shape index (κ3) is 11.8. The minimum atomic E-state index is -0.680. The van der Waals surface area contributed by atoms with Crippen molar-refractivity contribution < 1.29 is 24.2 Å². The van der Waals surface area contributed by atoms with E-state index in [4.69, 9.17) is 32.7 Å². The summed E-state index contributed by atoms with van der Waals surface area (Å²) < 4.78 is 10.8. The summed E-state index contributed by atoms with van der Waals surface area (Å²) in [5.74, 6) is 0.446. The fraction of sp³-hybridized carbons (Fsp3) is 0.667. The van der Waals surface area contributed by atoms with Crippen molar-refractivity contribution in [3.8, 4) is 0 Å². The van der Waals surface area contributed by atoms with E-state index in [-0.39, 0.29) is 13.0 Å². The van der Waals surface area contributed by atoms with Crippen molar-refractivity contribution in [2.24, 2.45) is 0 Å². The number of amides is 1. The lowest BCUT2D eigenvalue weighted by Crippen LogP contribution is -2.42. The number of nitrogens with one attached hydrogen (secondary N) is 1. The molecule has 0 aliphatic carbocycles. The minimum Gasteiger partial charge on any atom is -0.460 e. The second kappa shape index (κ2) is 13.3. The smallest absolute Gasteiger partial charge is 0.407 e. The van der Waals surface area contributed by atoms with Crippen LogP contribution in [0.3, 0.4) is 0 Å². The van der Waals surface area contributed by atoms with Gasteiger partial charge in [-0.1, -0.05) is 6.07 Å². The van der Waals surface area contributed by atoms with E-state index in [1.807, 2.05) is 18.2 Å². The number of rotatable bonds is 11. The number of anilines is 1. The quantitative estimate of drug-likeness (QED) is 0.337. The lowest BCUT2D eigenvalue weighted by molar-refractivity contribution is -0.155. The zero-order chi connectivity index (χ0) is 25.2. The van der Waals surface area contributed by atoms with E-state index in [2.05, 4.69) is 10.2 Å². The van der Waals surface area contributed by atoms with Gasteiger partial charge in [0.2, 0.25) is 0 Å². The van der Waals surface area contributed by atoms with Crippen LogP contribution in [-0.2, 0) is 27.3 Å². The monoisotopic (exact) mass is 504 g/mol. The highest BCUT2D eigenvalue weighted by Crippen LogP contribution is 2.23. The summed E-state index contributed by atoms with van der Waals surface area (Å²) in [4.78, 5) is 27.0. The predicted octanol–water partition coefficient (Wildman–Crippen LogP) is 4.63. The van der Waals surface area contributed by atoms with Gasteiger partial charge in [0.25, 0.3) is 0 Å². The van der Waals surface area contributed by atoms with Gasteiger partial charge in [-0.25, -0.2) is 4.79 Å². The molecule has 0 bridgehead atoms. The first-order valence-corrected chi connectivity index (χ1v) is 12.2. The molecule has 0 fully saturated rings. The number of alkyl halides is 2. The second-order valence-electron chi connectivity index (χ2n) is 9.81. The molecule has 1 amide bonds. The SMILES string of the molecule is CC(C)(C)OC(=O)C[C@H](Cc1cc(N(CCCl)CCCl)ccc1CO)NC(=O)OC(C)(C)C. The predicted molar refractivity (Wildman–Crippen MR) is 133 cm³/mol. The maximum absolute atomic E-state index is 12.5. The molecule has 188 valence electrons. The van der Waals surface area contributed by atoms with Gasteiger partial charge in [0.1, 0.15) is 11.2 Å². The average molecular weight is 505 g/mol. The Morgan fingerprint density at radius 1 is 1.00 bits per heavy atom. The fourth-order valence-electron chi connectivity index (χ4n) is 3.23. The highest BCUT2D eigenvalue weighted by Gasteiger charge is 2.25. The molecule has 0 aliphatic rings. The molecule has 0 aromatic heterocycles. The van der Waals surface area contributed by atoms with E-state index in [1.54, 1.807) is 41.5 Å². The molecule has 1 aromatic carbocycles. The largest absolute Gasteiger partial charge is 0.460 e. The molecular weight excluding hydrogens is 467 g/mol. The third-order valence-corrected chi connectivity index (χ3v) is 4.79. The van der Waals surface area contributed by atoms with Gasteiger partial charge >= 0.3 is 12.1 Å². The van der Waals surface area contributed by atoms with Crippen LogP contribution >= 0.6 is 23.2 Å². The Morgan fingerprint density at radius 2 is 1.58 bits per heavy atom. The van der Waals surface area contributed by atoms with Gasteiger partial charge in [-0.2, -0.15) is 0 Å². The number of ether oxygens (including phenoxy) is 2. The average Bonchev–Trinajstić information content (AvgIpc) is 2.64. The molecule has 0 saturated heterocycles. The first-order valence-electron chi connectivity index (χ1n) is 11.1. The van der Waals surface area contributed by atoms with Gasteiger partial charge in [-0.05, 0) is 71.2 Å². The Bertz CT molecular complexity index is 739. The molecule has 1 rings (SSSR count). The summed E-state index contributed by atoms with van der Waals surface area (Å²) in [6.07, 6.45) is -0.361. The van der Waals surface area contributed by atoms with E-state index in [0.717, 1.165) is 11.3 Å². The number of alkyl carbamates (subject to hydrolysis) is 1. The molecule has 2 N–H and O–H groups in total. The number of hydrogen-bond donors (Lipinski definition) is 2. The molecule has 0 unspecified atom stereocenters. The Balaban J connectivity index is 3.20. The highest BCUT2D eigenvalue weighted by molar-refractivity contribution is 6.18. The molecule has 0 aliphatic heterocycles. The first kappa shape index (κ1) is 29.3. The number of esters is 1. The maximum atomic E-state index is 12.5. The molecule has 1 aromatic rings. The molecule has 0 radical (unpaired) electrons. The van der Waals surface area contributed by atoms with Crippen LogP contribution in [0.1, 0.15) is 59.1 Å². The van der Waals surface area contributed by atoms with Gasteiger partial charge in [0.05, 0.1) is 13.0 Å². The van der Waals surface area contributed by atoms with Crippen molar-refractivity contribution in [2.45, 2.75) is 78.2 Å². The highest BCUT2D eigenvalue weighted by atomic mass is 35.5. The number of carbonyl (C=O) groups excluding carboxylic acids is 2. The summed E-state index contributed by atoms with van der Waals surface area (Å²) in [5, 5.41) is 12.7. The fourth-order valence-corrected chi connectivity index (χ4v) is 3.63. The van der Waals surface area contributed by atoms with E-state index < -0.39 is 29.3 Å². The van der Waals surface area contributed by atoms with E-state index in [0.29, 0.717) is 36.8 Å². The third-order valence-electron chi connectivity index (χ3n) is 4.45. The van der Waals surface area contributed by atoms with Gasteiger partial charge in [-0.15, -0.1) is 23.2 Å². The Kier molecular flexibility index (Phi) is 11.8. The van der Waals surface area contributed by atoms with Crippen LogP contribution in [0.4, 0.5) is 10.5 Å². The van der Waals surface area contributed by atoms with Crippen molar-refractivity contribution in [3.05, 3.63) is 29.3 Å². The second-order valence-corrected chi connectivity index (χ2v) is 10.6. The van der Waals surface area contributed by atoms with Crippen molar-refractivity contribution in [2.75, 3.05) is 29.7 Å². The van der Waals surface area contributed by atoms with Gasteiger partial charge < -0.3 is 24.8 Å². The van der Waals surface area contributed by atoms with Crippen molar-refractivity contribution in [1.82, 2.24) is 5.32 Å². The van der Waals surface area contributed by atoms with Crippen molar-refractivity contribution >= 4 is 41.0 Å². The molecule has 0 saturated carbocycles. The van der Waals surface area contributed by atoms with Crippen molar-refractivity contribution in [1.29, 1.82) is 0 Å². The van der Waals surface area contributed by atoms with E-state index >= 15 is 0 Å². The standard InChI is InChI=1S/C24H38Cl2N2O5/c1-23(2,3)32-21(30)15-19(27-22(31)33-24(4,5)6)13-18-14-20(8-7-17(18)16-29)28(11-9-25)12-10-26/h7-8,14,19,29H,9-13,15-16H2,1-6H3,(H,27,31)/t19-/m0/s1. The minimum absolute atomic E-state index is 0.0430. The lowest BCUT2D eigenvalue weighted by Gasteiger charge is -2.27. The summed E-state index contributed by atoms with van der Waals surface area (Å²) >= 11 is 11.9. The zero-order valence-corrected chi connectivity index (χ0v) is 22.1. The molecule has 1 atom stereocenters. The Hall–Kier alpha value is -1.70. The summed E-state index contributed by atoms with van der Waals surface area (Å²) in [6.45, 7) is 11.7. The van der Waals surface area contributed by atoms with Crippen LogP contribution in [0.5, 0.6) is 0 Å². The molecule has 9 heteroatoms. The summed E-state index contributed by atoms with van der Waals surface area (Å²) in [5.41, 5.74) is 1.08. The van der Waals surface area contributed by atoms with Gasteiger partial charge in [-0.3, -0.25) is 4.79 Å². The number of carbonyl (C=O) groups is 2. The normalized spacial score (nSPS) is 12.8. The molecule has 33 heavy (non-hydrogen) atoms. The lowest BCUT2D eigenvalue weighted by atomic mass is 9.97. The molecule has 7 nitrogen and oxygen atoms in total. The van der Waals surface area contributed by atoms with Crippen LogP contribution in [0.2, 0.25) is 0 Å². The molecule has 0 spiro atoms. The van der Waals surface area contributed by atoms with Crippen LogP contribution in [0.25, 0.3) is 0 Å². The zero-order valence-electron chi connectivity index (χ0n) is 20.5. The number of nitrogens with zero attached hydrogens (tertiary/aromatic N) is 1. The van der Waals surface area contributed by atoms with Crippen LogP contribution < -0.4 is 10.2 Å². The van der Waals surface area contributed by atoms with E-state index in [9.17, 15) is 14.7 Å².